The van der Waals surface area contributed by atoms with Crippen molar-refractivity contribution in [2.75, 3.05) is 0 Å². The summed E-state index contributed by atoms with van der Waals surface area (Å²) in [6.07, 6.45) is -5.63. The zero-order chi connectivity index (χ0) is 15.2. The number of benzene rings is 1. The highest BCUT2D eigenvalue weighted by Crippen LogP contribution is 2.56. The fraction of sp³-hybridized carbons (Fsp3) is 0.462. The van der Waals surface area contributed by atoms with Gasteiger partial charge in [0.15, 0.2) is 0 Å². The molecule has 0 aliphatic heterocycles. The summed E-state index contributed by atoms with van der Waals surface area (Å²) in [7, 11) is 0. The van der Waals surface area contributed by atoms with E-state index < -0.39 is 35.3 Å². The first kappa shape index (κ1) is 14.8. The van der Waals surface area contributed by atoms with E-state index in [2.05, 4.69) is 0 Å². The number of carbonyl (C=O) groups excluding carboxylic acids is 1. The van der Waals surface area contributed by atoms with E-state index in [-0.39, 0.29) is 18.4 Å². The van der Waals surface area contributed by atoms with Gasteiger partial charge in [-0.15, -0.1) is 0 Å². The number of primary amides is 1. The van der Waals surface area contributed by atoms with Crippen molar-refractivity contribution in [2.24, 2.45) is 5.73 Å². The minimum absolute atomic E-state index is 0.0731. The highest BCUT2D eigenvalue weighted by molar-refractivity contribution is 5.84. The summed E-state index contributed by atoms with van der Waals surface area (Å²) in [5.41, 5.74) is -0.0583. The molecule has 0 aromatic heterocycles. The molecule has 0 bridgehead atoms. The number of amides is 1. The number of hydrogen-bond donors (Lipinski definition) is 2. The maximum Gasteiger partial charge on any atom is 0.426 e. The summed E-state index contributed by atoms with van der Waals surface area (Å²) >= 11 is 0. The summed E-state index contributed by atoms with van der Waals surface area (Å²) in [5, 5.41) is 9.63. The Balaban J connectivity index is 2.38. The van der Waals surface area contributed by atoms with Crippen molar-refractivity contribution < 1.29 is 27.5 Å². The minimum atomic E-state index is -5.19. The van der Waals surface area contributed by atoms with Crippen LogP contribution in [0.4, 0.5) is 17.6 Å². The second kappa shape index (κ2) is 4.44. The van der Waals surface area contributed by atoms with Crippen molar-refractivity contribution in [2.45, 2.75) is 36.5 Å². The molecule has 1 aromatic carbocycles. The van der Waals surface area contributed by atoms with Gasteiger partial charge in [-0.25, -0.2) is 4.39 Å². The topological polar surface area (TPSA) is 63.3 Å². The quantitative estimate of drug-likeness (QED) is 0.834. The molecule has 1 amide bonds. The van der Waals surface area contributed by atoms with Crippen LogP contribution >= 0.6 is 0 Å². The number of carbonyl (C=O) groups is 1. The third-order valence-electron chi connectivity index (χ3n) is 3.77. The molecule has 1 saturated carbocycles. The van der Waals surface area contributed by atoms with Crippen LogP contribution in [0.1, 0.15) is 24.8 Å². The van der Waals surface area contributed by atoms with E-state index in [0.29, 0.717) is 0 Å². The highest BCUT2D eigenvalue weighted by atomic mass is 19.4. The zero-order valence-electron chi connectivity index (χ0n) is 10.4. The van der Waals surface area contributed by atoms with E-state index >= 15 is 0 Å². The molecular weight excluding hydrogens is 278 g/mol. The van der Waals surface area contributed by atoms with Crippen molar-refractivity contribution in [3.05, 3.63) is 35.6 Å². The maximum atomic E-state index is 13.7. The average molecular weight is 291 g/mol. The van der Waals surface area contributed by atoms with Gasteiger partial charge < -0.3 is 10.8 Å². The Kier molecular flexibility index (Phi) is 3.28. The molecule has 110 valence electrons. The Morgan fingerprint density at radius 1 is 1.30 bits per heavy atom. The summed E-state index contributed by atoms with van der Waals surface area (Å²) in [4.78, 5) is 11.0. The fourth-order valence-electron chi connectivity index (χ4n) is 2.40. The van der Waals surface area contributed by atoms with Crippen molar-refractivity contribution >= 4 is 5.91 Å². The Morgan fingerprint density at radius 3 is 2.25 bits per heavy atom. The largest absolute Gasteiger partial charge is 0.426 e. The number of rotatable bonds is 4. The maximum absolute atomic E-state index is 13.7. The standard InChI is InChI=1S/C13H13F4NO2/c14-9-4-2-1-3-8(9)11(5-6-11)7-12(20,10(18)19)13(15,16)17/h1-4,20H,5-7H2,(H2,18,19). The molecule has 3 N–H and O–H groups in total. The lowest BCUT2D eigenvalue weighted by Crippen LogP contribution is -2.57. The Morgan fingerprint density at radius 2 is 1.85 bits per heavy atom. The molecule has 0 spiro atoms. The molecule has 0 saturated heterocycles. The van der Waals surface area contributed by atoms with Crippen LogP contribution in [0.3, 0.4) is 0 Å². The van der Waals surface area contributed by atoms with E-state index in [1.54, 1.807) is 0 Å². The SMILES string of the molecule is NC(=O)C(O)(CC1(c2ccccc2F)CC1)C(F)(F)F. The number of hydrogen-bond acceptors (Lipinski definition) is 2. The van der Waals surface area contributed by atoms with E-state index in [4.69, 9.17) is 5.73 Å². The van der Waals surface area contributed by atoms with Crippen LogP contribution in [0.2, 0.25) is 0 Å². The number of aliphatic hydroxyl groups is 1. The molecular formula is C13H13F4NO2. The molecule has 1 aromatic rings. The lowest BCUT2D eigenvalue weighted by molar-refractivity contribution is -0.254. The number of alkyl halides is 3. The van der Waals surface area contributed by atoms with E-state index in [0.717, 1.165) is 6.07 Å². The molecule has 0 radical (unpaired) electrons. The first-order chi connectivity index (χ1) is 9.12. The lowest BCUT2D eigenvalue weighted by atomic mass is 9.82. The Bertz CT molecular complexity index is 539. The predicted octanol–water partition coefficient (Wildman–Crippen LogP) is 2.03. The molecule has 1 atom stereocenters. The third kappa shape index (κ3) is 2.26. The zero-order valence-corrected chi connectivity index (χ0v) is 10.4. The van der Waals surface area contributed by atoms with Gasteiger partial charge in [0.2, 0.25) is 5.60 Å². The van der Waals surface area contributed by atoms with Gasteiger partial charge in [-0.2, -0.15) is 13.2 Å². The van der Waals surface area contributed by atoms with Gasteiger partial charge in [0.25, 0.3) is 5.91 Å². The van der Waals surface area contributed by atoms with Crippen molar-refractivity contribution in [3.63, 3.8) is 0 Å². The van der Waals surface area contributed by atoms with Crippen LogP contribution in [0, 0.1) is 5.82 Å². The molecule has 1 fully saturated rings. The van der Waals surface area contributed by atoms with Crippen molar-refractivity contribution in [1.82, 2.24) is 0 Å². The van der Waals surface area contributed by atoms with Crippen LogP contribution in [0.5, 0.6) is 0 Å². The molecule has 7 heteroatoms. The van der Waals surface area contributed by atoms with Gasteiger partial charge in [0, 0.05) is 11.8 Å². The van der Waals surface area contributed by atoms with Gasteiger partial charge in [-0.05, 0) is 24.5 Å². The Labute approximate surface area is 112 Å². The smallest absolute Gasteiger partial charge is 0.373 e. The van der Waals surface area contributed by atoms with Gasteiger partial charge in [-0.1, -0.05) is 18.2 Å². The van der Waals surface area contributed by atoms with Crippen molar-refractivity contribution in [3.8, 4) is 0 Å². The molecule has 1 aliphatic rings. The summed E-state index contributed by atoms with van der Waals surface area (Å²) in [6, 6.07) is 5.40. The third-order valence-corrected chi connectivity index (χ3v) is 3.77. The van der Waals surface area contributed by atoms with Gasteiger partial charge in [0.05, 0.1) is 0 Å². The highest BCUT2D eigenvalue weighted by Gasteiger charge is 2.64. The van der Waals surface area contributed by atoms with Crippen LogP contribution in [0.15, 0.2) is 24.3 Å². The van der Waals surface area contributed by atoms with Crippen LogP contribution in [-0.4, -0.2) is 22.8 Å². The second-order valence-electron chi connectivity index (χ2n) is 5.16. The Hall–Kier alpha value is -1.63. The van der Waals surface area contributed by atoms with Gasteiger partial charge in [0.1, 0.15) is 5.82 Å². The lowest BCUT2D eigenvalue weighted by Gasteiger charge is -2.31. The van der Waals surface area contributed by atoms with E-state index in [9.17, 15) is 27.5 Å². The number of halogens is 4. The molecule has 0 heterocycles. The van der Waals surface area contributed by atoms with Crippen LogP contribution in [0.25, 0.3) is 0 Å². The van der Waals surface area contributed by atoms with Gasteiger partial charge in [-0.3, -0.25) is 4.79 Å². The predicted molar refractivity (Wildman–Crippen MR) is 62.1 cm³/mol. The first-order valence-electron chi connectivity index (χ1n) is 5.96. The normalized spacial score (nSPS) is 20.2. The molecule has 1 unspecified atom stereocenters. The summed E-state index contributed by atoms with van der Waals surface area (Å²) in [5.74, 6) is -2.52. The summed E-state index contributed by atoms with van der Waals surface area (Å²) < 4.78 is 52.4. The van der Waals surface area contributed by atoms with Gasteiger partial charge >= 0.3 is 6.18 Å². The van der Waals surface area contributed by atoms with E-state index in [1.165, 1.54) is 18.2 Å². The van der Waals surface area contributed by atoms with Crippen LogP contribution < -0.4 is 5.73 Å². The molecule has 1 aliphatic carbocycles. The average Bonchev–Trinajstić information content (AvgIpc) is 3.08. The minimum Gasteiger partial charge on any atom is -0.373 e. The molecule has 3 nitrogen and oxygen atoms in total. The monoisotopic (exact) mass is 291 g/mol. The fourth-order valence-corrected chi connectivity index (χ4v) is 2.40. The molecule has 20 heavy (non-hydrogen) atoms. The molecule has 2 rings (SSSR count). The first-order valence-corrected chi connectivity index (χ1v) is 5.96. The van der Waals surface area contributed by atoms with E-state index in [1.807, 2.05) is 0 Å². The second-order valence-corrected chi connectivity index (χ2v) is 5.16. The van der Waals surface area contributed by atoms with Crippen LogP contribution in [-0.2, 0) is 10.2 Å². The van der Waals surface area contributed by atoms with Crippen molar-refractivity contribution in [1.29, 1.82) is 0 Å². The number of nitrogens with two attached hydrogens (primary N) is 1. The summed E-state index contributed by atoms with van der Waals surface area (Å²) in [6.45, 7) is 0.